The van der Waals surface area contributed by atoms with Crippen molar-refractivity contribution in [2.45, 2.75) is 0 Å². The van der Waals surface area contributed by atoms with E-state index in [4.69, 9.17) is 0 Å². The van der Waals surface area contributed by atoms with E-state index in [2.05, 4.69) is 10.1 Å². The average molecular weight is 275 g/mol. The zero-order chi connectivity index (χ0) is 14.5. The first kappa shape index (κ1) is 13.0. The molecule has 0 aliphatic carbocycles. The first-order valence-electron chi connectivity index (χ1n) is 6.57. The van der Waals surface area contributed by atoms with Crippen LogP contribution in [0.15, 0.2) is 84.4 Å². The summed E-state index contributed by atoms with van der Waals surface area (Å²) in [5, 5.41) is 16.4. The molecule has 2 heterocycles. The number of nitrogens with zero attached hydrogens (tertiary/aromatic N) is 3. The Morgan fingerprint density at radius 2 is 1.76 bits per heavy atom. The zero-order valence-electron chi connectivity index (χ0n) is 11.3. The molecule has 1 aromatic carbocycles. The molecule has 102 valence electrons. The molecular weight excluding hydrogens is 262 g/mol. The Morgan fingerprint density at radius 3 is 2.52 bits per heavy atom. The molecule has 0 N–H and O–H groups in total. The second-order valence-electron chi connectivity index (χ2n) is 4.44. The summed E-state index contributed by atoms with van der Waals surface area (Å²) in [4.78, 5) is 4.10. The van der Waals surface area contributed by atoms with Crippen LogP contribution < -0.4 is 9.78 Å². The molecule has 3 aromatic rings. The lowest BCUT2D eigenvalue weighted by Crippen LogP contribution is -2.35. The van der Waals surface area contributed by atoms with Gasteiger partial charge in [0.05, 0.1) is 11.5 Å². The third kappa shape index (κ3) is 2.95. The van der Waals surface area contributed by atoms with E-state index < -0.39 is 0 Å². The standard InChI is InChI=1S/C17H13N3O/c21-17(14-7-2-1-3-8-14)19-20-12-5-4-10-16(20)15-9-6-11-18-13-15/h1-13H. The summed E-state index contributed by atoms with van der Waals surface area (Å²) >= 11 is 0. The van der Waals surface area contributed by atoms with Gasteiger partial charge in [0.15, 0.2) is 0 Å². The summed E-state index contributed by atoms with van der Waals surface area (Å²) < 4.78 is 1.58. The van der Waals surface area contributed by atoms with Crippen molar-refractivity contribution < 1.29 is 9.78 Å². The summed E-state index contributed by atoms with van der Waals surface area (Å²) in [6.45, 7) is 0. The van der Waals surface area contributed by atoms with Gasteiger partial charge in [0.2, 0.25) is 11.9 Å². The zero-order valence-corrected chi connectivity index (χ0v) is 11.3. The van der Waals surface area contributed by atoms with Crippen molar-refractivity contribution in [1.82, 2.24) is 4.98 Å². The third-order valence-electron chi connectivity index (χ3n) is 3.02. The van der Waals surface area contributed by atoms with E-state index >= 15 is 0 Å². The first-order chi connectivity index (χ1) is 10.3. The SMILES string of the molecule is [O-]/C(=N\[n+]1ccccc1-c1cccnc1)c1ccccc1. The highest BCUT2D eigenvalue weighted by Crippen LogP contribution is 2.12. The van der Waals surface area contributed by atoms with Crippen LogP contribution in [-0.2, 0) is 0 Å². The van der Waals surface area contributed by atoms with Gasteiger partial charge in [0, 0.05) is 24.5 Å². The smallest absolute Gasteiger partial charge is 0.246 e. The van der Waals surface area contributed by atoms with Gasteiger partial charge in [0.1, 0.15) is 0 Å². The molecule has 0 spiro atoms. The Balaban J connectivity index is 2.04. The molecule has 3 rings (SSSR count). The maximum Gasteiger partial charge on any atom is 0.246 e. The lowest BCUT2D eigenvalue weighted by atomic mass is 10.2. The van der Waals surface area contributed by atoms with E-state index in [9.17, 15) is 5.11 Å². The lowest BCUT2D eigenvalue weighted by molar-refractivity contribution is -0.670. The van der Waals surface area contributed by atoms with Crippen LogP contribution in [0.4, 0.5) is 0 Å². The molecule has 0 fully saturated rings. The van der Waals surface area contributed by atoms with E-state index in [1.807, 2.05) is 48.5 Å². The van der Waals surface area contributed by atoms with Gasteiger partial charge in [-0.05, 0) is 28.9 Å². The summed E-state index contributed by atoms with van der Waals surface area (Å²) in [7, 11) is 0. The monoisotopic (exact) mass is 275 g/mol. The second-order valence-corrected chi connectivity index (χ2v) is 4.44. The van der Waals surface area contributed by atoms with Gasteiger partial charge in [-0.25, -0.2) is 0 Å². The molecule has 0 radical (unpaired) electrons. The van der Waals surface area contributed by atoms with E-state index in [-0.39, 0.29) is 5.90 Å². The molecule has 2 aromatic heterocycles. The van der Waals surface area contributed by atoms with Crippen LogP contribution in [0, 0.1) is 0 Å². The molecule has 0 unspecified atom stereocenters. The molecule has 4 heteroatoms. The Bertz CT molecular complexity index is 755. The Labute approximate surface area is 122 Å². The minimum Gasteiger partial charge on any atom is -0.854 e. The molecule has 4 nitrogen and oxygen atoms in total. The van der Waals surface area contributed by atoms with Gasteiger partial charge in [-0.2, -0.15) is 0 Å². The van der Waals surface area contributed by atoms with Crippen LogP contribution in [0.1, 0.15) is 5.56 Å². The predicted octanol–water partition coefficient (Wildman–Crippen LogP) is 1.61. The molecular formula is C17H13N3O. The van der Waals surface area contributed by atoms with Gasteiger partial charge >= 0.3 is 0 Å². The van der Waals surface area contributed by atoms with E-state index in [1.165, 1.54) is 0 Å². The number of hydrogen-bond acceptors (Lipinski definition) is 3. The minimum atomic E-state index is -0.281. The van der Waals surface area contributed by atoms with E-state index in [0.29, 0.717) is 5.56 Å². The number of hydrogen-bond donors (Lipinski definition) is 0. The minimum absolute atomic E-state index is 0.281. The Morgan fingerprint density at radius 1 is 0.952 bits per heavy atom. The molecule has 21 heavy (non-hydrogen) atoms. The highest BCUT2D eigenvalue weighted by molar-refractivity contribution is 5.89. The highest BCUT2D eigenvalue weighted by atomic mass is 16.3. The Hall–Kier alpha value is -3.01. The quantitative estimate of drug-likeness (QED) is 0.414. The van der Waals surface area contributed by atoms with Crippen molar-refractivity contribution >= 4 is 5.90 Å². The van der Waals surface area contributed by atoms with Gasteiger partial charge < -0.3 is 5.11 Å². The fraction of sp³-hybridized carbons (Fsp3) is 0. The molecule has 0 saturated carbocycles. The fourth-order valence-corrected chi connectivity index (χ4v) is 2.00. The topological polar surface area (TPSA) is 52.2 Å². The van der Waals surface area contributed by atoms with Crippen LogP contribution in [0.3, 0.4) is 0 Å². The van der Waals surface area contributed by atoms with Crippen molar-refractivity contribution in [1.29, 1.82) is 0 Å². The van der Waals surface area contributed by atoms with Crippen molar-refractivity contribution in [2.75, 3.05) is 0 Å². The van der Waals surface area contributed by atoms with Crippen molar-refractivity contribution in [3.8, 4) is 11.3 Å². The molecule has 0 saturated heterocycles. The number of aromatic nitrogens is 2. The number of benzene rings is 1. The number of rotatable bonds is 3. The summed E-state index contributed by atoms with van der Waals surface area (Å²) in [5.74, 6) is -0.281. The van der Waals surface area contributed by atoms with Crippen LogP contribution in [0.25, 0.3) is 11.3 Å². The van der Waals surface area contributed by atoms with E-state index in [1.54, 1.807) is 35.4 Å². The fourth-order valence-electron chi connectivity index (χ4n) is 2.00. The van der Waals surface area contributed by atoms with E-state index in [0.717, 1.165) is 11.3 Å². The third-order valence-corrected chi connectivity index (χ3v) is 3.02. The van der Waals surface area contributed by atoms with Crippen LogP contribution >= 0.6 is 0 Å². The molecule has 0 bridgehead atoms. The van der Waals surface area contributed by atoms with Crippen molar-refractivity contribution in [3.63, 3.8) is 0 Å². The normalized spacial score (nSPS) is 11.3. The van der Waals surface area contributed by atoms with Gasteiger partial charge in [0.25, 0.3) is 0 Å². The average Bonchev–Trinajstić information content (AvgIpc) is 2.57. The first-order valence-corrected chi connectivity index (χ1v) is 6.57. The maximum absolute atomic E-state index is 12.2. The maximum atomic E-state index is 12.2. The molecule has 0 aliphatic rings. The summed E-state index contributed by atoms with van der Waals surface area (Å²) in [6, 6.07) is 18.4. The number of pyridine rings is 2. The molecule has 0 amide bonds. The lowest BCUT2D eigenvalue weighted by Gasteiger charge is -2.07. The van der Waals surface area contributed by atoms with Gasteiger partial charge in [-0.1, -0.05) is 35.0 Å². The van der Waals surface area contributed by atoms with Crippen LogP contribution in [0.5, 0.6) is 0 Å². The molecule has 0 aliphatic heterocycles. The predicted molar refractivity (Wildman–Crippen MR) is 78.2 cm³/mol. The van der Waals surface area contributed by atoms with Crippen molar-refractivity contribution in [2.24, 2.45) is 5.10 Å². The second kappa shape index (κ2) is 5.96. The van der Waals surface area contributed by atoms with Gasteiger partial charge in [-0.15, -0.1) is 0 Å². The van der Waals surface area contributed by atoms with Crippen molar-refractivity contribution in [3.05, 3.63) is 84.8 Å². The Kier molecular flexibility index (Phi) is 3.69. The highest BCUT2D eigenvalue weighted by Gasteiger charge is 2.11. The van der Waals surface area contributed by atoms with Crippen LogP contribution in [0.2, 0.25) is 0 Å². The summed E-state index contributed by atoms with van der Waals surface area (Å²) in [6.07, 6.45) is 5.21. The largest absolute Gasteiger partial charge is 0.854 e. The summed E-state index contributed by atoms with van der Waals surface area (Å²) in [5.41, 5.74) is 2.28. The van der Waals surface area contributed by atoms with Crippen LogP contribution in [-0.4, -0.2) is 10.9 Å². The van der Waals surface area contributed by atoms with Gasteiger partial charge in [-0.3, -0.25) is 4.98 Å². The molecule has 0 atom stereocenters.